The van der Waals surface area contributed by atoms with E-state index in [2.05, 4.69) is 17.3 Å². The van der Waals surface area contributed by atoms with Crippen molar-refractivity contribution in [3.8, 4) is 0 Å². The molecule has 1 heterocycles. The molecule has 1 aromatic carbocycles. The minimum Gasteiger partial charge on any atom is -0.237 e. The molecule has 2 rings (SSSR count). The Morgan fingerprint density at radius 1 is 1.40 bits per heavy atom. The van der Waals surface area contributed by atoms with Crippen molar-refractivity contribution in [1.82, 2.24) is 4.31 Å². The van der Waals surface area contributed by atoms with Gasteiger partial charge in [0.05, 0.1) is 4.90 Å². The number of nitrogens with zero attached hydrogens (tertiary/aromatic N) is 1. The molecule has 1 aliphatic heterocycles. The molecule has 0 saturated carbocycles. The lowest BCUT2D eigenvalue weighted by molar-refractivity contribution is 0.425. The van der Waals surface area contributed by atoms with Crippen molar-refractivity contribution in [3.05, 3.63) is 29.8 Å². The van der Waals surface area contributed by atoms with Gasteiger partial charge in [0.2, 0.25) is 0 Å². The predicted molar refractivity (Wildman–Crippen MR) is 63.0 cm³/mol. The third-order valence-corrected chi connectivity index (χ3v) is 4.40. The SMILES string of the molecule is CCCCN1CCc2ccccc2S1=O. The van der Waals surface area contributed by atoms with Gasteiger partial charge in [-0.25, -0.2) is 8.51 Å². The zero-order valence-electron chi connectivity index (χ0n) is 9.11. The van der Waals surface area contributed by atoms with Crippen molar-refractivity contribution in [1.29, 1.82) is 0 Å². The molecule has 0 aliphatic carbocycles. The molecule has 1 aromatic rings. The van der Waals surface area contributed by atoms with Crippen LogP contribution in [0.5, 0.6) is 0 Å². The first-order valence-corrected chi connectivity index (χ1v) is 6.68. The molecule has 82 valence electrons. The van der Waals surface area contributed by atoms with Gasteiger partial charge in [0.15, 0.2) is 0 Å². The molecular formula is C12H17NOS. The first-order chi connectivity index (χ1) is 7.33. The molecule has 1 unspecified atom stereocenters. The molecule has 1 aliphatic rings. The molecule has 1 atom stereocenters. The van der Waals surface area contributed by atoms with Crippen molar-refractivity contribution in [2.24, 2.45) is 0 Å². The fourth-order valence-corrected chi connectivity index (χ4v) is 3.30. The molecule has 0 amide bonds. The van der Waals surface area contributed by atoms with E-state index in [-0.39, 0.29) is 0 Å². The molecule has 0 bridgehead atoms. The largest absolute Gasteiger partial charge is 0.237 e. The van der Waals surface area contributed by atoms with E-state index in [0.717, 1.165) is 37.2 Å². The van der Waals surface area contributed by atoms with E-state index in [1.54, 1.807) is 0 Å². The maximum absolute atomic E-state index is 12.2. The van der Waals surface area contributed by atoms with Crippen LogP contribution in [0.3, 0.4) is 0 Å². The number of benzene rings is 1. The average Bonchev–Trinajstić information content (AvgIpc) is 2.29. The Hall–Kier alpha value is -0.670. The Bertz CT molecular complexity index is 364. The normalized spacial score (nSPS) is 21.3. The van der Waals surface area contributed by atoms with E-state index in [0.29, 0.717) is 0 Å². The van der Waals surface area contributed by atoms with Gasteiger partial charge in [-0.3, -0.25) is 0 Å². The lowest BCUT2D eigenvalue weighted by Crippen LogP contribution is -2.33. The van der Waals surface area contributed by atoms with Crippen LogP contribution in [0.1, 0.15) is 25.3 Å². The van der Waals surface area contributed by atoms with Crippen LogP contribution >= 0.6 is 0 Å². The summed E-state index contributed by atoms with van der Waals surface area (Å²) in [6, 6.07) is 8.08. The molecule has 15 heavy (non-hydrogen) atoms. The van der Waals surface area contributed by atoms with Crippen LogP contribution in [0, 0.1) is 0 Å². The number of fused-ring (bicyclic) bond motifs is 1. The van der Waals surface area contributed by atoms with E-state index in [4.69, 9.17) is 0 Å². The van der Waals surface area contributed by atoms with Gasteiger partial charge in [0.1, 0.15) is 11.0 Å². The number of rotatable bonds is 3. The van der Waals surface area contributed by atoms with E-state index in [1.807, 2.05) is 18.2 Å². The number of unbranched alkanes of at least 4 members (excludes halogenated alkanes) is 1. The minimum absolute atomic E-state index is 0.921. The molecule has 0 saturated heterocycles. The lowest BCUT2D eigenvalue weighted by Gasteiger charge is -2.27. The van der Waals surface area contributed by atoms with Gasteiger partial charge in [-0.05, 0) is 24.5 Å². The predicted octanol–water partition coefficient (Wildman–Crippen LogP) is 2.37. The van der Waals surface area contributed by atoms with Crippen LogP contribution in [-0.2, 0) is 17.4 Å². The molecule has 0 fully saturated rings. The zero-order chi connectivity index (χ0) is 10.7. The fraction of sp³-hybridized carbons (Fsp3) is 0.500. The van der Waals surface area contributed by atoms with Crippen molar-refractivity contribution in [2.75, 3.05) is 13.1 Å². The minimum atomic E-state index is -0.921. The number of hydrogen-bond donors (Lipinski definition) is 0. The Balaban J connectivity index is 2.15. The van der Waals surface area contributed by atoms with E-state index >= 15 is 0 Å². The smallest absolute Gasteiger partial charge is 0.127 e. The van der Waals surface area contributed by atoms with Gasteiger partial charge >= 0.3 is 0 Å². The summed E-state index contributed by atoms with van der Waals surface area (Å²) in [4.78, 5) is 1.01. The summed E-state index contributed by atoms with van der Waals surface area (Å²) in [6.45, 7) is 4.06. The first kappa shape index (κ1) is 10.8. The van der Waals surface area contributed by atoms with E-state index < -0.39 is 11.0 Å². The Labute approximate surface area is 93.9 Å². The molecule has 2 nitrogen and oxygen atoms in total. The maximum Gasteiger partial charge on any atom is 0.127 e. The van der Waals surface area contributed by atoms with Crippen molar-refractivity contribution in [3.63, 3.8) is 0 Å². The lowest BCUT2D eigenvalue weighted by atomic mass is 10.1. The third-order valence-electron chi connectivity index (χ3n) is 2.79. The summed E-state index contributed by atoms with van der Waals surface area (Å²) in [5, 5.41) is 0. The van der Waals surface area contributed by atoms with Gasteiger partial charge in [0, 0.05) is 13.1 Å². The second kappa shape index (κ2) is 4.90. The second-order valence-electron chi connectivity index (χ2n) is 3.89. The fourth-order valence-electron chi connectivity index (χ4n) is 1.88. The summed E-state index contributed by atoms with van der Waals surface area (Å²) in [6.07, 6.45) is 3.33. The van der Waals surface area contributed by atoms with Gasteiger partial charge in [-0.1, -0.05) is 31.5 Å². The Morgan fingerprint density at radius 2 is 2.20 bits per heavy atom. The van der Waals surface area contributed by atoms with Gasteiger partial charge in [-0.2, -0.15) is 0 Å². The summed E-state index contributed by atoms with van der Waals surface area (Å²) in [5.41, 5.74) is 1.25. The highest BCUT2D eigenvalue weighted by Gasteiger charge is 2.22. The molecule has 0 aromatic heterocycles. The van der Waals surface area contributed by atoms with E-state index in [1.165, 1.54) is 5.56 Å². The van der Waals surface area contributed by atoms with Gasteiger partial charge < -0.3 is 0 Å². The summed E-state index contributed by atoms with van der Waals surface area (Å²) >= 11 is 0. The summed E-state index contributed by atoms with van der Waals surface area (Å²) in [5.74, 6) is 0. The standard InChI is InChI=1S/C12H17NOS/c1-2-3-9-13-10-8-11-6-4-5-7-12(11)15(13)14/h4-7H,2-3,8-10H2,1H3. The highest BCUT2D eigenvalue weighted by molar-refractivity contribution is 7.82. The Kier molecular flexibility index (Phi) is 3.54. The molecular weight excluding hydrogens is 206 g/mol. The van der Waals surface area contributed by atoms with Crippen LogP contribution in [-0.4, -0.2) is 21.6 Å². The maximum atomic E-state index is 12.2. The highest BCUT2D eigenvalue weighted by atomic mass is 32.2. The van der Waals surface area contributed by atoms with Crippen molar-refractivity contribution >= 4 is 11.0 Å². The molecule has 0 spiro atoms. The Morgan fingerprint density at radius 3 is 3.00 bits per heavy atom. The summed E-state index contributed by atoms with van der Waals surface area (Å²) < 4.78 is 14.2. The highest BCUT2D eigenvalue weighted by Crippen LogP contribution is 2.22. The van der Waals surface area contributed by atoms with Crippen LogP contribution in [0.15, 0.2) is 29.2 Å². The van der Waals surface area contributed by atoms with Crippen LogP contribution in [0.2, 0.25) is 0 Å². The quantitative estimate of drug-likeness (QED) is 0.770. The second-order valence-corrected chi connectivity index (χ2v) is 5.34. The van der Waals surface area contributed by atoms with Crippen molar-refractivity contribution in [2.45, 2.75) is 31.1 Å². The van der Waals surface area contributed by atoms with Gasteiger partial charge in [0.25, 0.3) is 0 Å². The first-order valence-electron chi connectivity index (χ1n) is 5.57. The van der Waals surface area contributed by atoms with Crippen LogP contribution in [0.25, 0.3) is 0 Å². The van der Waals surface area contributed by atoms with Crippen molar-refractivity contribution < 1.29 is 4.21 Å². The molecule has 0 radical (unpaired) electrons. The monoisotopic (exact) mass is 223 g/mol. The summed E-state index contributed by atoms with van der Waals surface area (Å²) in [7, 11) is -0.921. The van der Waals surface area contributed by atoms with Crippen LogP contribution in [0.4, 0.5) is 0 Å². The average molecular weight is 223 g/mol. The third kappa shape index (κ3) is 2.29. The van der Waals surface area contributed by atoms with E-state index in [9.17, 15) is 4.21 Å². The van der Waals surface area contributed by atoms with Gasteiger partial charge in [-0.15, -0.1) is 0 Å². The topological polar surface area (TPSA) is 20.3 Å². The number of hydrogen-bond acceptors (Lipinski definition) is 1. The zero-order valence-corrected chi connectivity index (χ0v) is 9.93. The van der Waals surface area contributed by atoms with Crippen LogP contribution < -0.4 is 0 Å². The molecule has 0 N–H and O–H groups in total. The molecule has 3 heteroatoms.